The van der Waals surface area contributed by atoms with E-state index < -0.39 is 0 Å². The molecule has 0 spiro atoms. The van der Waals surface area contributed by atoms with Gasteiger partial charge in [0.1, 0.15) is 0 Å². The molecule has 3 heteroatoms. The second-order valence-electron chi connectivity index (χ2n) is 4.38. The third-order valence-electron chi connectivity index (χ3n) is 2.79. The van der Waals surface area contributed by atoms with Crippen molar-refractivity contribution in [3.05, 3.63) is 34.3 Å². The lowest BCUT2D eigenvalue weighted by molar-refractivity contribution is -0.125. The highest BCUT2D eigenvalue weighted by Crippen LogP contribution is 2.12. The van der Waals surface area contributed by atoms with Crippen LogP contribution in [0.5, 0.6) is 0 Å². The lowest BCUT2D eigenvalue weighted by Crippen LogP contribution is -2.31. The summed E-state index contributed by atoms with van der Waals surface area (Å²) in [6, 6.07) is 7.97. The summed E-state index contributed by atoms with van der Waals surface area (Å²) in [5, 5.41) is 2.95. The first-order valence-corrected chi connectivity index (χ1v) is 6.32. The molecular weight excluding hydrogens is 266 g/mol. The van der Waals surface area contributed by atoms with E-state index in [1.54, 1.807) is 0 Å². The monoisotopic (exact) mass is 283 g/mol. The van der Waals surface area contributed by atoms with Gasteiger partial charge in [-0.1, -0.05) is 48.8 Å². The van der Waals surface area contributed by atoms with Crippen molar-refractivity contribution in [3.8, 4) is 0 Å². The van der Waals surface area contributed by atoms with E-state index in [0.29, 0.717) is 12.5 Å². The molecule has 0 saturated heterocycles. The predicted octanol–water partition coefficient (Wildman–Crippen LogP) is 3.36. The van der Waals surface area contributed by atoms with Crippen LogP contribution < -0.4 is 5.32 Å². The summed E-state index contributed by atoms with van der Waals surface area (Å²) in [6.07, 6.45) is 0. The van der Waals surface area contributed by atoms with Crippen LogP contribution >= 0.6 is 15.9 Å². The minimum Gasteiger partial charge on any atom is -0.352 e. The molecule has 88 valence electrons. The van der Waals surface area contributed by atoms with E-state index in [4.69, 9.17) is 0 Å². The molecule has 1 atom stereocenters. The molecule has 0 heterocycles. The molecule has 16 heavy (non-hydrogen) atoms. The van der Waals surface area contributed by atoms with Crippen LogP contribution in [0.25, 0.3) is 0 Å². The van der Waals surface area contributed by atoms with Gasteiger partial charge in [-0.2, -0.15) is 0 Å². The van der Waals surface area contributed by atoms with Gasteiger partial charge in [-0.05, 0) is 23.6 Å². The summed E-state index contributed by atoms with van der Waals surface area (Å²) < 4.78 is 1.05. The summed E-state index contributed by atoms with van der Waals surface area (Å²) in [5.41, 5.74) is 1.12. The van der Waals surface area contributed by atoms with Crippen LogP contribution in [0.15, 0.2) is 28.7 Å². The lowest BCUT2D eigenvalue weighted by Gasteiger charge is -2.15. The number of rotatable bonds is 4. The smallest absolute Gasteiger partial charge is 0.223 e. The fourth-order valence-electron chi connectivity index (χ4n) is 1.26. The van der Waals surface area contributed by atoms with Gasteiger partial charge < -0.3 is 5.32 Å². The molecule has 0 aliphatic rings. The molecule has 0 radical (unpaired) electrons. The van der Waals surface area contributed by atoms with Gasteiger partial charge in [-0.25, -0.2) is 0 Å². The number of hydrogen-bond donors (Lipinski definition) is 1. The van der Waals surface area contributed by atoms with E-state index in [1.165, 1.54) is 0 Å². The molecule has 0 aliphatic heterocycles. The fourth-order valence-corrected chi connectivity index (χ4v) is 1.52. The molecule has 1 amide bonds. The van der Waals surface area contributed by atoms with Gasteiger partial charge in [-0.3, -0.25) is 4.79 Å². The van der Waals surface area contributed by atoms with Gasteiger partial charge in [0.2, 0.25) is 5.91 Å². The maximum atomic E-state index is 11.7. The Labute approximate surface area is 106 Å². The largest absolute Gasteiger partial charge is 0.352 e. The van der Waals surface area contributed by atoms with Crippen LogP contribution in [0.1, 0.15) is 26.3 Å². The van der Waals surface area contributed by atoms with Crippen LogP contribution in [0.3, 0.4) is 0 Å². The van der Waals surface area contributed by atoms with Crippen LogP contribution in [0, 0.1) is 11.8 Å². The number of benzene rings is 1. The van der Waals surface area contributed by atoms with Gasteiger partial charge >= 0.3 is 0 Å². The lowest BCUT2D eigenvalue weighted by atomic mass is 9.97. The van der Waals surface area contributed by atoms with Crippen molar-refractivity contribution < 1.29 is 4.79 Å². The van der Waals surface area contributed by atoms with Gasteiger partial charge in [-0.15, -0.1) is 0 Å². The van der Waals surface area contributed by atoms with Crippen molar-refractivity contribution in [2.45, 2.75) is 27.3 Å². The summed E-state index contributed by atoms with van der Waals surface area (Å²) in [4.78, 5) is 11.7. The third kappa shape index (κ3) is 3.97. The van der Waals surface area contributed by atoms with Crippen molar-refractivity contribution in [2.75, 3.05) is 0 Å². The van der Waals surface area contributed by atoms with Gasteiger partial charge in [0.15, 0.2) is 0 Å². The maximum Gasteiger partial charge on any atom is 0.223 e. The highest BCUT2D eigenvalue weighted by atomic mass is 79.9. The Hall–Kier alpha value is -0.830. The quantitative estimate of drug-likeness (QED) is 0.902. The van der Waals surface area contributed by atoms with E-state index >= 15 is 0 Å². The average molecular weight is 284 g/mol. The number of carbonyl (C=O) groups is 1. The normalized spacial score (nSPS) is 12.6. The topological polar surface area (TPSA) is 29.1 Å². The predicted molar refractivity (Wildman–Crippen MR) is 70.0 cm³/mol. The fraction of sp³-hybridized carbons (Fsp3) is 0.462. The van der Waals surface area contributed by atoms with Crippen molar-refractivity contribution in [3.63, 3.8) is 0 Å². The maximum absolute atomic E-state index is 11.7. The zero-order valence-electron chi connectivity index (χ0n) is 9.96. The minimum atomic E-state index is 0.0652. The van der Waals surface area contributed by atoms with E-state index in [9.17, 15) is 4.79 Å². The molecule has 0 bridgehead atoms. The van der Waals surface area contributed by atoms with Crippen LogP contribution in [0.4, 0.5) is 0 Å². The zero-order valence-corrected chi connectivity index (χ0v) is 11.5. The summed E-state index contributed by atoms with van der Waals surface area (Å²) in [6.45, 7) is 6.68. The standard InChI is InChI=1S/C13H18BrNO/c1-9(2)10(3)13(16)15-8-11-4-6-12(14)7-5-11/h4-7,9-10H,8H2,1-3H3,(H,15,16). The van der Waals surface area contributed by atoms with Gasteiger partial charge in [0, 0.05) is 16.9 Å². The van der Waals surface area contributed by atoms with Crippen molar-refractivity contribution in [1.82, 2.24) is 5.32 Å². The first-order chi connectivity index (χ1) is 7.50. The van der Waals surface area contributed by atoms with E-state index in [2.05, 4.69) is 35.1 Å². The van der Waals surface area contributed by atoms with Crippen LogP contribution in [-0.2, 0) is 11.3 Å². The molecule has 1 aromatic carbocycles. The summed E-state index contributed by atoms with van der Waals surface area (Å²) in [5.74, 6) is 0.568. The summed E-state index contributed by atoms with van der Waals surface area (Å²) >= 11 is 3.38. The van der Waals surface area contributed by atoms with Crippen molar-refractivity contribution >= 4 is 21.8 Å². The molecule has 1 N–H and O–H groups in total. The van der Waals surface area contributed by atoms with Gasteiger partial charge in [0.25, 0.3) is 0 Å². The number of nitrogens with one attached hydrogen (secondary N) is 1. The molecule has 1 rings (SSSR count). The second-order valence-corrected chi connectivity index (χ2v) is 5.29. The van der Waals surface area contributed by atoms with Crippen LogP contribution in [-0.4, -0.2) is 5.91 Å². The third-order valence-corrected chi connectivity index (χ3v) is 3.32. The molecule has 1 aromatic rings. The second kappa shape index (κ2) is 6.04. The number of halogens is 1. The molecule has 0 aliphatic carbocycles. The van der Waals surface area contributed by atoms with Crippen molar-refractivity contribution in [1.29, 1.82) is 0 Å². The highest BCUT2D eigenvalue weighted by Gasteiger charge is 2.15. The molecular formula is C13H18BrNO. The number of hydrogen-bond acceptors (Lipinski definition) is 1. The molecule has 0 saturated carbocycles. The zero-order chi connectivity index (χ0) is 12.1. The minimum absolute atomic E-state index is 0.0652. The average Bonchev–Trinajstić information content (AvgIpc) is 2.26. The summed E-state index contributed by atoms with van der Waals surface area (Å²) in [7, 11) is 0. The SMILES string of the molecule is CC(C)C(C)C(=O)NCc1ccc(Br)cc1. The molecule has 1 unspecified atom stereocenters. The first kappa shape index (κ1) is 13.2. The Morgan fingerprint density at radius 3 is 2.31 bits per heavy atom. The number of amides is 1. The molecule has 2 nitrogen and oxygen atoms in total. The molecule has 0 aromatic heterocycles. The van der Waals surface area contributed by atoms with Gasteiger partial charge in [0.05, 0.1) is 0 Å². The Morgan fingerprint density at radius 2 is 1.81 bits per heavy atom. The van der Waals surface area contributed by atoms with Crippen molar-refractivity contribution in [2.24, 2.45) is 11.8 Å². The first-order valence-electron chi connectivity index (χ1n) is 5.53. The number of carbonyl (C=O) groups excluding carboxylic acids is 1. The Kier molecular flexibility index (Phi) is 5.00. The Bertz CT molecular complexity index is 345. The molecule has 0 fully saturated rings. The highest BCUT2D eigenvalue weighted by molar-refractivity contribution is 9.10. The van der Waals surface area contributed by atoms with E-state index in [0.717, 1.165) is 10.0 Å². The Morgan fingerprint density at radius 1 is 1.25 bits per heavy atom. The van der Waals surface area contributed by atoms with Crippen LogP contribution in [0.2, 0.25) is 0 Å². The Balaban J connectivity index is 2.46. The van der Waals surface area contributed by atoms with E-state index in [1.807, 2.05) is 31.2 Å². The van der Waals surface area contributed by atoms with E-state index in [-0.39, 0.29) is 11.8 Å².